The second-order valence-electron chi connectivity index (χ2n) is 9.61. The second kappa shape index (κ2) is 12.1. The molecule has 0 radical (unpaired) electrons. The Morgan fingerprint density at radius 3 is 2.35 bits per heavy atom. The number of benzene rings is 1. The minimum atomic E-state index is -0.441. The third-order valence-electron chi connectivity index (χ3n) is 6.96. The van der Waals surface area contributed by atoms with Gasteiger partial charge in [0.1, 0.15) is 0 Å². The fraction of sp³-hybridized carbons (Fsp3) is 0.640. The highest BCUT2D eigenvalue weighted by atomic mass is 19.1. The minimum absolute atomic E-state index is 0.197. The molecule has 0 atom stereocenters. The Labute approximate surface area is 201 Å². The molecule has 2 aliphatic rings. The van der Waals surface area contributed by atoms with Crippen molar-refractivity contribution in [3.05, 3.63) is 24.0 Å². The molecule has 8 nitrogen and oxygen atoms in total. The van der Waals surface area contributed by atoms with Crippen LogP contribution in [0.25, 0.3) is 0 Å². The Morgan fingerprint density at radius 2 is 1.65 bits per heavy atom. The molecule has 0 unspecified atom stereocenters. The Morgan fingerprint density at radius 1 is 0.941 bits per heavy atom. The Bertz CT molecular complexity index is 912. The van der Waals surface area contributed by atoms with Gasteiger partial charge in [-0.05, 0) is 63.0 Å². The number of aromatic nitrogens is 3. The molecule has 4 rings (SSSR count). The molecule has 0 spiro atoms. The zero-order valence-corrected chi connectivity index (χ0v) is 20.2. The molecule has 1 heterocycles. The third-order valence-corrected chi connectivity index (χ3v) is 6.96. The number of hydrogen-bond donors (Lipinski definition) is 4. The van der Waals surface area contributed by atoms with E-state index < -0.39 is 5.82 Å². The standard InChI is InChI=1S/C25H38FN7O/c1-34-22-13-12-20(16-21(22)26)30-25-32-23(28-15-14-17-8-10-18(27)11-9-17)31-24(33-25)29-19-6-4-2-3-5-7-19/h12-13,16-19H,2-11,14-15,27H2,1H3,(H3,28,29,30,31,32,33). The SMILES string of the molecule is COc1ccc(Nc2nc(NCCC3CCC(N)CC3)nc(NC3CCCCCC3)n2)cc1F. The van der Waals surface area contributed by atoms with E-state index in [-0.39, 0.29) is 5.75 Å². The first-order chi connectivity index (χ1) is 16.6. The fourth-order valence-electron chi connectivity index (χ4n) is 4.92. The number of nitrogens with two attached hydrogens (primary N) is 1. The first kappa shape index (κ1) is 24.4. The predicted molar refractivity (Wildman–Crippen MR) is 134 cm³/mol. The van der Waals surface area contributed by atoms with Crippen LogP contribution in [0.1, 0.15) is 70.6 Å². The van der Waals surface area contributed by atoms with Crippen LogP contribution in [0.5, 0.6) is 5.75 Å². The van der Waals surface area contributed by atoms with Gasteiger partial charge in [0.25, 0.3) is 0 Å². The number of hydrogen-bond acceptors (Lipinski definition) is 8. The molecule has 1 aromatic heterocycles. The van der Waals surface area contributed by atoms with Crippen molar-refractivity contribution in [1.82, 2.24) is 15.0 Å². The molecule has 2 saturated carbocycles. The summed E-state index contributed by atoms with van der Waals surface area (Å²) in [7, 11) is 1.45. The van der Waals surface area contributed by atoms with Crippen molar-refractivity contribution >= 4 is 23.5 Å². The largest absolute Gasteiger partial charge is 0.494 e. The molecule has 0 saturated heterocycles. The lowest BCUT2D eigenvalue weighted by Gasteiger charge is -2.26. The lowest BCUT2D eigenvalue weighted by molar-refractivity contribution is 0.316. The average Bonchev–Trinajstić information content (AvgIpc) is 3.09. The van der Waals surface area contributed by atoms with Gasteiger partial charge in [-0.3, -0.25) is 0 Å². The van der Waals surface area contributed by atoms with Gasteiger partial charge in [0.15, 0.2) is 11.6 Å². The maximum atomic E-state index is 14.2. The highest BCUT2D eigenvalue weighted by Crippen LogP contribution is 2.27. The Balaban J connectivity index is 1.45. The number of rotatable bonds is 9. The van der Waals surface area contributed by atoms with Gasteiger partial charge in [-0.2, -0.15) is 15.0 Å². The predicted octanol–water partition coefficient (Wildman–Crippen LogP) is 5.22. The minimum Gasteiger partial charge on any atom is -0.494 e. The van der Waals surface area contributed by atoms with Gasteiger partial charge in [-0.15, -0.1) is 0 Å². The van der Waals surface area contributed by atoms with Crippen LogP contribution in [-0.2, 0) is 0 Å². The van der Waals surface area contributed by atoms with Gasteiger partial charge in [0, 0.05) is 30.4 Å². The zero-order valence-electron chi connectivity index (χ0n) is 20.2. The van der Waals surface area contributed by atoms with Gasteiger partial charge in [-0.1, -0.05) is 25.7 Å². The number of anilines is 4. The van der Waals surface area contributed by atoms with E-state index in [4.69, 9.17) is 10.5 Å². The molecule has 0 amide bonds. The van der Waals surface area contributed by atoms with Crippen molar-refractivity contribution in [2.24, 2.45) is 11.7 Å². The summed E-state index contributed by atoms with van der Waals surface area (Å²) in [4.78, 5) is 13.8. The monoisotopic (exact) mass is 471 g/mol. The van der Waals surface area contributed by atoms with Crippen LogP contribution in [-0.4, -0.2) is 40.7 Å². The van der Waals surface area contributed by atoms with Crippen LogP contribution in [0.15, 0.2) is 18.2 Å². The van der Waals surface area contributed by atoms with Crippen LogP contribution >= 0.6 is 0 Å². The summed E-state index contributed by atoms with van der Waals surface area (Å²) < 4.78 is 19.2. The summed E-state index contributed by atoms with van der Waals surface area (Å²) >= 11 is 0. The van der Waals surface area contributed by atoms with Crippen LogP contribution in [0.3, 0.4) is 0 Å². The molecule has 2 fully saturated rings. The molecule has 9 heteroatoms. The van der Waals surface area contributed by atoms with E-state index in [0.29, 0.717) is 41.5 Å². The topological polar surface area (TPSA) is 110 Å². The molecular weight excluding hydrogens is 433 g/mol. The van der Waals surface area contributed by atoms with Gasteiger partial charge >= 0.3 is 0 Å². The van der Waals surface area contributed by atoms with E-state index in [1.807, 2.05) is 0 Å². The summed E-state index contributed by atoms with van der Waals surface area (Å²) in [6.45, 7) is 0.795. The summed E-state index contributed by atoms with van der Waals surface area (Å²) in [6, 6.07) is 5.42. The van der Waals surface area contributed by atoms with Crippen LogP contribution in [0.4, 0.5) is 27.9 Å². The lowest BCUT2D eigenvalue weighted by atomic mass is 9.84. The molecular formula is C25H38FN7O. The van der Waals surface area contributed by atoms with E-state index in [0.717, 1.165) is 38.6 Å². The van der Waals surface area contributed by atoms with Crippen LogP contribution in [0.2, 0.25) is 0 Å². The summed E-state index contributed by atoms with van der Waals surface area (Å²) in [5.41, 5.74) is 6.59. The number of ether oxygens (including phenoxy) is 1. The average molecular weight is 472 g/mol. The molecule has 186 valence electrons. The molecule has 1 aromatic carbocycles. The van der Waals surface area contributed by atoms with Gasteiger partial charge in [0.2, 0.25) is 17.8 Å². The molecule has 0 bridgehead atoms. The summed E-state index contributed by atoms with van der Waals surface area (Å²) in [5, 5.41) is 10.0. The summed E-state index contributed by atoms with van der Waals surface area (Å²) in [5.74, 6) is 1.89. The van der Waals surface area contributed by atoms with E-state index >= 15 is 0 Å². The first-order valence-corrected chi connectivity index (χ1v) is 12.7. The Hall–Kier alpha value is -2.68. The van der Waals surface area contributed by atoms with Crippen molar-refractivity contribution in [3.63, 3.8) is 0 Å². The van der Waals surface area contributed by atoms with Crippen molar-refractivity contribution in [2.45, 2.75) is 82.7 Å². The van der Waals surface area contributed by atoms with Gasteiger partial charge in [-0.25, -0.2) is 4.39 Å². The smallest absolute Gasteiger partial charge is 0.233 e. The van der Waals surface area contributed by atoms with Crippen molar-refractivity contribution < 1.29 is 9.13 Å². The third kappa shape index (κ3) is 7.16. The quantitative estimate of drug-likeness (QED) is 0.369. The number of nitrogens with zero attached hydrogens (tertiary/aromatic N) is 3. The van der Waals surface area contributed by atoms with Gasteiger partial charge < -0.3 is 26.4 Å². The van der Waals surface area contributed by atoms with Crippen LogP contribution in [0, 0.1) is 11.7 Å². The van der Waals surface area contributed by atoms with Crippen molar-refractivity contribution in [1.29, 1.82) is 0 Å². The normalized spacial score (nSPS) is 21.5. The highest BCUT2D eigenvalue weighted by molar-refractivity contribution is 5.57. The Kier molecular flexibility index (Phi) is 8.73. The fourth-order valence-corrected chi connectivity index (χ4v) is 4.92. The number of nitrogens with one attached hydrogen (secondary N) is 3. The molecule has 2 aliphatic carbocycles. The zero-order chi connectivity index (χ0) is 23.8. The van der Waals surface area contributed by atoms with E-state index in [1.165, 1.54) is 51.7 Å². The van der Waals surface area contributed by atoms with E-state index in [9.17, 15) is 4.39 Å². The molecule has 0 aliphatic heterocycles. The van der Waals surface area contributed by atoms with Crippen molar-refractivity contribution in [2.75, 3.05) is 29.6 Å². The van der Waals surface area contributed by atoms with Gasteiger partial charge in [0.05, 0.1) is 7.11 Å². The first-order valence-electron chi connectivity index (χ1n) is 12.7. The second-order valence-corrected chi connectivity index (χ2v) is 9.61. The number of methoxy groups -OCH3 is 1. The van der Waals surface area contributed by atoms with E-state index in [1.54, 1.807) is 12.1 Å². The molecule has 5 N–H and O–H groups in total. The number of halogens is 1. The summed E-state index contributed by atoms with van der Waals surface area (Å²) in [6.07, 6.45) is 12.9. The van der Waals surface area contributed by atoms with E-state index in [2.05, 4.69) is 30.9 Å². The lowest BCUT2D eigenvalue weighted by Crippen LogP contribution is -2.27. The maximum Gasteiger partial charge on any atom is 0.233 e. The molecule has 2 aromatic rings. The van der Waals surface area contributed by atoms with Crippen LogP contribution < -0.4 is 26.4 Å². The maximum absolute atomic E-state index is 14.2. The van der Waals surface area contributed by atoms with Crippen molar-refractivity contribution in [3.8, 4) is 5.75 Å². The molecule has 34 heavy (non-hydrogen) atoms. The highest BCUT2D eigenvalue weighted by Gasteiger charge is 2.19.